The normalized spacial score (nSPS) is 22.3. The molecule has 1 aliphatic carbocycles. The summed E-state index contributed by atoms with van der Waals surface area (Å²) in [7, 11) is 3.98. The SMILES string of the molecule is Cc1cc(N2CCCC3(CCc4cnc(N(C)C)nc43)C2)nc(N)n1. The van der Waals surface area contributed by atoms with Gasteiger partial charge in [0.1, 0.15) is 5.82 Å². The molecule has 1 fully saturated rings. The number of anilines is 3. The lowest BCUT2D eigenvalue weighted by Gasteiger charge is -2.41. The molecule has 2 N–H and O–H groups in total. The van der Waals surface area contributed by atoms with Crippen LogP contribution in [-0.4, -0.2) is 47.1 Å². The van der Waals surface area contributed by atoms with Crippen molar-refractivity contribution in [3.05, 3.63) is 29.2 Å². The molecule has 1 unspecified atom stereocenters. The molecule has 0 radical (unpaired) electrons. The van der Waals surface area contributed by atoms with E-state index in [1.54, 1.807) is 0 Å². The predicted molar refractivity (Wildman–Crippen MR) is 99.0 cm³/mol. The van der Waals surface area contributed by atoms with E-state index in [1.807, 2.05) is 38.2 Å². The third-order valence-electron chi connectivity index (χ3n) is 5.39. The largest absolute Gasteiger partial charge is 0.368 e. The summed E-state index contributed by atoms with van der Waals surface area (Å²) in [5, 5.41) is 0. The van der Waals surface area contributed by atoms with Crippen molar-refractivity contribution in [3.63, 3.8) is 0 Å². The first-order valence-electron chi connectivity index (χ1n) is 8.87. The highest BCUT2D eigenvalue weighted by molar-refractivity contribution is 5.47. The smallest absolute Gasteiger partial charge is 0.225 e. The fourth-order valence-corrected chi connectivity index (χ4v) is 4.21. The topological polar surface area (TPSA) is 84.1 Å². The van der Waals surface area contributed by atoms with Gasteiger partial charge < -0.3 is 15.5 Å². The molecule has 0 aromatic carbocycles. The van der Waals surface area contributed by atoms with E-state index in [2.05, 4.69) is 19.9 Å². The van der Waals surface area contributed by atoms with Crippen LogP contribution in [0.5, 0.6) is 0 Å². The Balaban J connectivity index is 1.69. The summed E-state index contributed by atoms with van der Waals surface area (Å²) in [4.78, 5) is 22.4. The first kappa shape index (κ1) is 16.1. The second-order valence-corrected chi connectivity index (χ2v) is 7.47. The van der Waals surface area contributed by atoms with Gasteiger partial charge in [0.15, 0.2) is 0 Å². The molecule has 1 aliphatic heterocycles. The first-order chi connectivity index (χ1) is 12.0. The maximum absolute atomic E-state index is 5.87. The summed E-state index contributed by atoms with van der Waals surface area (Å²) in [6.07, 6.45) is 6.49. The minimum absolute atomic E-state index is 0.0922. The van der Waals surface area contributed by atoms with Crippen molar-refractivity contribution in [1.82, 2.24) is 19.9 Å². The maximum Gasteiger partial charge on any atom is 0.225 e. The number of nitrogen functional groups attached to an aromatic ring is 1. The summed E-state index contributed by atoms with van der Waals surface area (Å²) in [6.45, 7) is 3.89. The van der Waals surface area contributed by atoms with Crippen LogP contribution >= 0.6 is 0 Å². The molecular formula is C18H25N7. The van der Waals surface area contributed by atoms with Gasteiger partial charge in [-0.05, 0) is 38.2 Å². The highest BCUT2D eigenvalue weighted by Crippen LogP contribution is 2.44. The van der Waals surface area contributed by atoms with Gasteiger partial charge in [0, 0.05) is 50.6 Å². The Labute approximate surface area is 148 Å². The van der Waals surface area contributed by atoms with Crippen molar-refractivity contribution in [3.8, 4) is 0 Å². The molecule has 0 bridgehead atoms. The minimum atomic E-state index is 0.0922. The zero-order valence-corrected chi connectivity index (χ0v) is 15.2. The molecule has 1 saturated heterocycles. The van der Waals surface area contributed by atoms with Gasteiger partial charge in [-0.25, -0.2) is 15.0 Å². The molecule has 2 aromatic heterocycles. The fraction of sp³-hybridized carbons (Fsp3) is 0.556. The maximum atomic E-state index is 5.87. The Hall–Kier alpha value is -2.44. The molecule has 132 valence electrons. The second kappa shape index (κ2) is 5.82. The standard InChI is InChI=1S/C18H25N7/c1-12-9-14(22-16(19)21-12)25-8-4-6-18(11-25)7-5-13-10-20-17(24(2)3)23-15(13)18/h9-10H,4-8,11H2,1-3H3,(H2,19,21,22). The zero-order valence-electron chi connectivity index (χ0n) is 15.2. The van der Waals surface area contributed by atoms with Gasteiger partial charge in [0.2, 0.25) is 11.9 Å². The van der Waals surface area contributed by atoms with Crippen LogP contribution in [-0.2, 0) is 11.8 Å². The van der Waals surface area contributed by atoms with E-state index in [1.165, 1.54) is 17.7 Å². The van der Waals surface area contributed by atoms with E-state index in [9.17, 15) is 0 Å². The van der Waals surface area contributed by atoms with Gasteiger partial charge in [-0.3, -0.25) is 0 Å². The van der Waals surface area contributed by atoms with Crippen LogP contribution in [0.4, 0.5) is 17.7 Å². The molecule has 2 aromatic rings. The van der Waals surface area contributed by atoms with E-state index < -0.39 is 0 Å². The molecule has 1 atom stereocenters. The van der Waals surface area contributed by atoms with Crippen molar-refractivity contribution in [1.29, 1.82) is 0 Å². The summed E-state index contributed by atoms with van der Waals surface area (Å²) >= 11 is 0. The molecule has 1 spiro atoms. The number of aromatic nitrogens is 4. The number of aryl methyl sites for hydroxylation is 2. The summed E-state index contributed by atoms with van der Waals surface area (Å²) in [6, 6.07) is 2.02. The molecule has 7 nitrogen and oxygen atoms in total. The van der Waals surface area contributed by atoms with Crippen LogP contribution < -0.4 is 15.5 Å². The number of rotatable bonds is 2. The van der Waals surface area contributed by atoms with E-state index in [0.717, 1.165) is 49.8 Å². The molecule has 2 aliphatic rings. The van der Waals surface area contributed by atoms with Crippen molar-refractivity contribution in [2.45, 2.75) is 38.0 Å². The Morgan fingerprint density at radius 3 is 2.80 bits per heavy atom. The molecule has 25 heavy (non-hydrogen) atoms. The van der Waals surface area contributed by atoms with Gasteiger partial charge in [0.25, 0.3) is 0 Å². The van der Waals surface area contributed by atoms with Gasteiger partial charge >= 0.3 is 0 Å². The molecule has 0 amide bonds. The van der Waals surface area contributed by atoms with E-state index in [-0.39, 0.29) is 5.41 Å². The summed E-state index contributed by atoms with van der Waals surface area (Å²) < 4.78 is 0. The highest BCUT2D eigenvalue weighted by Gasteiger charge is 2.44. The summed E-state index contributed by atoms with van der Waals surface area (Å²) in [5.74, 6) is 2.07. The van der Waals surface area contributed by atoms with Crippen molar-refractivity contribution < 1.29 is 0 Å². The second-order valence-electron chi connectivity index (χ2n) is 7.47. The van der Waals surface area contributed by atoms with Crippen LogP contribution in [0.3, 0.4) is 0 Å². The van der Waals surface area contributed by atoms with Gasteiger partial charge in [-0.2, -0.15) is 4.98 Å². The third kappa shape index (κ3) is 2.77. The average Bonchev–Trinajstić information content (AvgIpc) is 2.92. The first-order valence-corrected chi connectivity index (χ1v) is 8.87. The quantitative estimate of drug-likeness (QED) is 0.891. The minimum Gasteiger partial charge on any atom is -0.368 e. The Morgan fingerprint density at radius 1 is 1.20 bits per heavy atom. The monoisotopic (exact) mass is 339 g/mol. The molecule has 3 heterocycles. The number of hydrogen-bond donors (Lipinski definition) is 1. The number of nitrogens with two attached hydrogens (primary N) is 1. The van der Waals surface area contributed by atoms with E-state index >= 15 is 0 Å². The number of nitrogens with zero attached hydrogens (tertiary/aromatic N) is 6. The predicted octanol–water partition coefficient (Wildman–Crippen LogP) is 1.71. The molecule has 7 heteroatoms. The Morgan fingerprint density at radius 2 is 2.04 bits per heavy atom. The average molecular weight is 339 g/mol. The third-order valence-corrected chi connectivity index (χ3v) is 5.39. The van der Waals surface area contributed by atoms with E-state index in [4.69, 9.17) is 10.7 Å². The van der Waals surface area contributed by atoms with Crippen molar-refractivity contribution >= 4 is 17.7 Å². The van der Waals surface area contributed by atoms with E-state index in [0.29, 0.717) is 5.95 Å². The van der Waals surface area contributed by atoms with Crippen LogP contribution in [0.25, 0.3) is 0 Å². The van der Waals surface area contributed by atoms with Gasteiger partial charge in [-0.1, -0.05) is 0 Å². The van der Waals surface area contributed by atoms with Crippen LogP contribution in [0.15, 0.2) is 12.3 Å². The molecule has 0 saturated carbocycles. The number of piperidine rings is 1. The van der Waals surface area contributed by atoms with Gasteiger partial charge in [-0.15, -0.1) is 0 Å². The van der Waals surface area contributed by atoms with Crippen LogP contribution in [0.2, 0.25) is 0 Å². The van der Waals surface area contributed by atoms with Crippen LogP contribution in [0, 0.1) is 6.92 Å². The van der Waals surface area contributed by atoms with Crippen LogP contribution in [0.1, 0.15) is 36.2 Å². The lowest BCUT2D eigenvalue weighted by molar-refractivity contribution is 0.333. The Bertz CT molecular complexity index is 780. The van der Waals surface area contributed by atoms with Crippen molar-refractivity contribution in [2.24, 2.45) is 0 Å². The lowest BCUT2D eigenvalue weighted by atomic mass is 9.77. The van der Waals surface area contributed by atoms with Crippen molar-refractivity contribution in [2.75, 3.05) is 42.7 Å². The fourth-order valence-electron chi connectivity index (χ4n) is 4.21. The summed E-state index contributed by atoms with van der Waals surface area (Å²) in [5.41, 5.74) is 9.39. The Kier molecular flexibility index (Phi) is 3.74. The number of hydrogen-bond acceptors (Lipinski definition) is 7. The lowest BCUT2D eigenvalue weighted by Crippen LogP contribution is -2.46. The van der Waals surface area contributed by atoms with Gasteiger partial charge in [0.05, 0.1) is 5.69 Å². The zero-order chi connectivity index (χ0) is 17.6. The molecular weight excluding hydrogens is 314 g/mol. The highest BCUT2D eigenvalue weighted by atomic mass is 15.2. The number of fused-ring (bicyclic) bond motifs is 2. The molecule has 4 rings (SSSR count).